The number of halogens is 1. The molecule has 31 heavy (non-hydrogen) atoms. The Bertz CT molecular complexity index is 1020. The first-order chi connectivity index (χ1) is 14.7. The Morgan fingerprint density at radius 1 is 1.26 bits per heavy atom. The van der Waals surface area contributed by atoms with Crippen molar-refractivity contribution in [2.75, 3.05) is 0 Å². The predicted molar refractivity (Wildman–Crippen MR) is 120 cm³/mol. The lowest BCUT2D eigenvalue weighted by atomic mass is 9.91. The number of nitrogens with one attached hydrogen (secondary N) is 1. The van der Waals surface area contributed by atoms with Crippen molar-refractivity contribution in [3.05, 3.63) is 51.3 Å². The third kappa shape index (κ3) is 4.64. The number of nitrogens with zero attached hydrogens (tertiary/aromatic N) is 2. The number of aromatic nitrogens is 2. The maximum Gasteiger partial charge on any atom is 0.407 e. The standard InChI is InChI=1S/C24H30ClN3O3/c1-5-19-17-12-11-15(26-23(30)31-24(2,3)4)13-20(17)28(27-19)22(29)21-16(14-9-10-14)7-6-8-18(21)25/h6-8,14-15H,5,9-13H2,1-4H3,(H,26,30). The molecule has 1 amide bonds. The Morgan fingerprint density at radius 3 is 2.65 bits per heavy atom. The highest BCUT2D eigenvalue weighted by molar-refractivity contribution is 6.34. The third-order valence-corrected chi connectivity index (χ3v) is 6.20. The normalized spacial score (nSPS) is 18.4. The van der Waals surface area contributed by atoms with E-state index in [-0.39, 0.29) is 11.9 Å². The Morgan fingerprint density at radius 2 is 2.00 bits per heavy atom. The summed E-state index contributed by atoms with van der Waals surface area (Å²) < 4.78 is 6.94. The molecule has 1 unspecified atom stereocenters. The maximum atomic E-state index is 13.6. The number of rotatable bonds is 4. The van der Waals surface area contributed by atoms with E-state index in [4.69, 9.17) is 16.3 Å². The van der Waals surface area contributed by atoms with Gasteiger partial charge in [-0.3, -0.25) is 4.79 Å². The molecule has 2 aliphatic carbocycles. The van der Waals surface area contributed by atoms with Gasteiger partial charge in [-0.05, 0) is 76.0 Å². The molecule has 2 aliphatic rings. The zero-order valence-electron chi connectivity index (χ0n) is 18.6. The summed E-state index contributed by atoms with van der Waals surface area (Å²) in [7, 11) is 0. The number of hydrogen-bond acceptors (Lipinski definition) is 4. The number of ether oxygens (including phenoxy) is 1. The molecule has 0 spiro atoms. The number of benzene rings is 1. The van der Waals surface area contributed by atoms with E-state index in [0.717, 1.165) is 54.6 Å². The van der Waals surface area contributed by atoms with Crippen molar-refractivity contribution in [3.8, 4) is 0 Å². The molecule has 166 valence electrons. The van der Waals surface area contributed by atoms with Crippen LogP contribution in [0.1, 0.15) is 85.7 Å². The quantitative estimate of drug-likeness (QED) is 0.717. The van der Waals surface area contributed by atoms with E-state index in [2.05, 4.69) is 10.4 Å². The number of amides is 1. The van der Waals surface area contributed by atoms with Crippen LogP contribution in [0.4, 0.5) is 4.79 Å². The zero-order chi connectivity index (χ0) is 22.3. The van der Waals surface area contributed by atoms with Crippen molar-refractivity contribution >= 4 is 23.6 Å². The molecule has 1 heterocycles. The van der Waals surface area contributed by atoms with Crippen LogP contribution in [0.2, 0.25) is 5.02 Å². The minimum Gasteiger partial charge on any atom is -0.444 e. The van der Waals surface area contributed by atoms with E-state index in [0.29, 0.717) is 22.9 Å². The summed E-state index contributed by atoms with van der Waals surface area (Å²) in [6.45, 7) is 7.57. The van der Waals surface area contributed by atoms with Crippen molar-refractivity contribution in [2.24, 2.45) is 0 Å². The van der Waals surface area contributed by atoms with Gasteiger partial charge < -0.3 is 10.1 Å². The summed E-state index contributed by atoms with van der Waals surface area (Å²) in [6.07, 6.45) is 4.58. The van der Waals surface area contributed by atoms with Gasteiger partial charge >= 0.3 is 6.09 Å². The minimum atomic E-state index is -0.555. The maximum absolute atomic E-state index is 13.6. The fourth-order valence-electron chi connectivity index (χ4n) is 4.34. The van der Waals surface area contributed by atoms with Gasteiger partial charge in [0.25, 0.3) is 5.91 Å². The molecule has 1 saturated carbocycles. The topological polar surface area (TPSA) is 73.2 Å². The average molecular weight is 444 g/mol. The van der Waals surface area contributed by atoms with Gasteiger partial charge in [0.15, 0.2) is 0 Å². The van der Waals surface area contributed by atoms with E-state index in [1.165, 1.54) is 4.68 Å². The summed E-state index contributed by atoms with van der Waals surface area (Å²) in [5.74, 6) is 0.220. The zero-order valence-corrected chi connectivity index (χ0v) is 19.4. The van der Waals surface area contributed by atoms with Gasteiger partial charge in [0.1, 0.15) is 5.60 Å². The molecule has 6 nitrogen and oxygen atoms in total. The average Bonchev–Trinajstić information content (AvgIpc) is 3.47. The van der Waals surface area contributed by atoms with Crippen molar-refractivity contribution < 1.29 is 14.3 Å². The highest BCUT2D eigenvalue weighted by Gasteiger charge is 2.34. The molecule has 4 rings (SSSR count). The summed E-state index contributed by atoms with van der Waals surface area (Å²) in [5.41, 5.74) is 3.95. The van der Waals surface area contributed by atoms with Gasteiger partial charge in [-0.1, -0.05) is 30.7 Å². The lowest BCUT2D eigenvalue weighted by Crippen LogP contribution is -2.42. The Balaban J connectivity index is 1.64. The van der Waals surface area contributed by atoms with Crippen LogP contribution >= 0.6 is 11.6 Å². The molecule has 2 aromatic rings. The molecule has 0 aliphatic heterocycles. The van der Waals surface area contributed by atoms with Crippen molar-refractivity contribution in [3.63, 3.8) is 0 Å². The molecule has 1 aromatic carbocycles. The van der Waals surface area contributed by atoms with Crippen molar-refractivity contribution in [1.29, 1.82) is 0 Å². The summed E-state index contributed by atoms with van der Waals surface area (Å²) in [4.78, 5) is 25.9. The largest absolute Gasteiger partial charge is 0.444 e. The van der Waals surface area contributed by atoms with Gasteiger partial charge in [-0.2, -0.15) is 5.10 Å². The van der Waals surface area contributed by atoms with E-state index in [1.54, 1.807) is 6.07 Å². The molecule has 0 saturated heterocycles. The first kappa shape index (κ1) is 21.9. The van der Waals surface area contributed by atoms with Crippen LogP contribution in [0.5, 0.6) is 0 Å². The van der Waals surface area contributed by atoms with Crippen LogP contribution in [-0.2, 0) is 24.0 Å². The monoisotopic (exact) mass is 443 g/mol. The lowest BCUT2D eigenvalue weighted by Gasteiger charge is -2.26. The third-order valence-electron chi connectivity index (χ3n) is 5.88. The molecule has 1 aromatic heterocycles. The first-order valence-corrected chi connectivity index (χ1v) is 11.5. The van der Waals surface area contributed by atoms with Gasteiger partial charge in [0.2, 0.25) is 0 Å². The number of carbonyl (C=O) groups excluding carboxylic acids is 2. The number of fused-ring (bicyclic) bond motifs is 1. The number of carbonyl (C=O) groups is 2. The Hall–Kier alpha value is -2.34. The molecule has 0 bridgehead atoms. The minimum absolute atomic E-state index is 0.107. The second-order valence-corrected chi connectivity index (χ2v) is 9.91. The van der Waals surface area contributed by atoms with Crippen LogP contribution in [0, 0.1) is 0 Å². The highest BCUT2D eigenvalue weighted by atomic mass is 35.5. The van der Waals surface area contributed by atoms with Crippen LogP contribution in [0.25, 0.3) is 0 Å². The van der Waals surface area contributed by atoms with Crippen molar-refractivity contribution in [1.82, 2.24) is 15.1 Å². The van der Waals surface area contributed by atoms with Crippen LogP contribution in [0.3, 0.4) is 0 Å². The van der Waals surface area contributed by atoms with Crippen LogP contribution in [0.15, 0.2) is 18.2 Å². The highest BCUT2D eigenvalue weighted by Crippen LogP contribution is 2.43. The van der Waals surface area contributed by atoms with Gasteiger partial charge in [-0.25, -0.2) is 9.48 Å². The number of alkyl carbamates (subject to hydrolysis) is 1. The Kier molecular flexibility index (Phi) is 5.86. The second kappa shape index (κ2) is 8.30. The van der Waals surface area contributed by atoms with Gasteiger partial charge in [-0.15, -0.1) is 0 Å². The van der Waals surface area contributed by atoms with Gasteiger partial charge in [0.05, 0.1) is 22.0 Å². The van der Waals surface area contributed by atoms with Crippen molar-refractivity contribution in [2.45, 2.75) is 83.8 Å². The molecular weight excluding hydrogens is 414 g/mol. The first-order valence-electron chi connectivity index (χ1n) is 11.1. The molecule has 1 N–H and O–H groups in total. The van der Waals surface area contributed by atoms with E-state index in [9.17, 15) is 9.59 Å². The Labute approximate surface area is 188 Å². The molecule has 7 heteroatoms. The van der Waals surface area contributed by atoms with E-state index < -0.39 is 11.7 Å². The smallest absolute Gasteiger partial charge is 0.407 e. The van der Waals surface area contributed by atoms with Gasteiger partial charge in [0, 0.05) is 12.5 Å². The summed E-state index contributed by atoms with van der Waals surface area (Å²) in [6, 6.07) is 5.57. The fourth-order valence-corrected chi connectivity index (χ4v) is 4.61. The SMILES string of the molecule is CCc1nn(C(=O)c2c(Cl)cccc2C2CC2)c2c1CCC(NC(=O)OC(C)(C)C)C2. The lowest BCUT2D eigenvalue weighted by molar-refractivity contribution is 0.0500. The summed E-state index contributed by atoms with van der Waals surface area (Å²) >= 11 is 6.49. The molecule has 1 atom stereocenters. The van der Waals surface area contributed by atoms with Crippen LogP contribution in [-0.4, -0.2) is 33.4 Å². The summed E-state index contributed by atoms with van der Waals surface area (Å²) in [5, 5.41) is 8.12. The predicted octanol–water partition coefficient (Wildman–Crippen LogP) is 5.05. The molecule has 1 fully saturated rings. The van der Waals surface area contributed by atoms with E-state index in [1.807, 2.05) is 39.8 Å². The molecule has 0 radical (unpaired) electrons. The van der Waals surface area contributed by atoms with E-state index >= 15 is 0 Å². The second-order valence-electron chi connectivity index (χ2n) is 9.51. The number of aryl methyl sites for hydroxylation is 1. The number of hydrogen-bond donors (Lipinski definition) is 1. The molecular formula is C24H30ClN3O3. The van der Waals surface area contributed by atoms with Crippen LogP contribution < -0.4 is 5.32 Å². The fraction of sp³-hybridized carbons (Fsp3) is 0.542.